The molecule has 2 aliphatic rings. The Morgan fingerprint density at radius 2 is 1.75 bits per heavy atom. The molecule has 0 saturated heterocycles. The number of hydrogen-bond donors (Lipinski definition) is 0. The van der Waals surface area contributed by atoms with Crippen molar-refractivity contribution in [3.63, 3.8) is 0 Å². The number of halogens is 2. The number of nitrogens with zero attached hydrogens (tertiary/aromatic N) is 3. The van der Waals surface area contributed by atoms with Crippen LogP contribution in [-0.4, -0.2) is 18.2 Å². The van der Waals surface area contributed by atoms with Gasteiger partial charge in [0.25, 0.3) is 5.91 Å². The minimum absolute atomic E-state index is 0.0321. The molecule has 4 nitrogen and oxygen atoms in total. The van der Waals surface area contributed by atoms with Gasteiger partial charge in [0.1, 0.15) is 5.71 Å². The molecule has 3 aromatic carbocycles. The smallest absolute Gasteiger partial charge is 0.274 e. The van der Waals surface area contributed by atoms with Crippen LogP contribution in [-0.2, 0) is 11.2 Å². The Hall–Kier alpha value is -2.82. The van der Waals surface area contributed by atoms with Crippen molar-refractivity contribution >= 4 is 46.2 Å². The molecule has 0 N–H and O–H groups in total. The van der Waals surface area contributed by atoms with Gasteiger partial charge in [0, 0.05) is 23.2 Å². The molecule has 162 valence electrons. The van der Waals surface area contributed by atoms with Crippen LogP contribution in [0.4, 0.5) is 11.4 Å². The zero-order valence-corrected chi connectivity index (χ0v) is 19.2. The number of carbonyl (C=O) groups excluding carboxylic acids is 1. The fourth-order valence-electron chi connectivity index (χ4n) is 4.77. The minimum Gasteiger partial charge on any atom is -0.307 e. The van der Waals surface area contributed by atoms with Crippen molar-refractivity contribution in [3.8, 4) is 0 Å². The molecule has 6 heteroatoms. The van der Waals surface area contributed by atoms with E-state index < -0.39 is 0 Å². The van der Waals surface area contributed by atoms with Crippen molar-refractivity contribution in [2.24, 2.45) is 11.0 Å². The Morgan fingerprint density at radius 3 is 2.50 bits per heavy atom. The molecule has 1 amide bonds. The highest BCUT2D eigenvalue weighted by Crippen LogP contribution is 2.44. The third-order valence-electron chi connectivity index (χ3n) is 6.30. The molecule has 5 rings (SSSR count). The number of anilines is 2. The van der Waals surface area contributed by atoms with Crippen molar-refractivity contribution in [1.29, 1.82) is 0 Å². The molecule has 3 aromatic rings. The Morgan fingerprint density at radius 1 is 1.00 bits per heavy atom. The monoisotopic (exact) mass is 463 g/mol. The van der Waals surface area contributed by atoms with Crippen molar-refractivity contribution in [2.75, 3.05) is 16.5 Å². The van der Waals surface area contributed by atoms with Crippen LogP contribution in [0.2, 0.25) is 10.0 Å². The molecule has 0 saturated carbocycles. The van der Waals surface area contributed by atoms with Gasteiger partial charge in [0.2, 0.25) is 0 Å². The number of hydrogen-bond acceptors (Lipinski definition) is 3. The summed E-state index contributed by atoms with van der Waals surface area (Å²) >= 11 is 12.7. The van der Waals surface area contributed by atoms with Crippen molar-refractivity contribution in [2.45, 2.75) is 25.8 Å². The molecule has 2 atom stereocenters. The number of carbonyl (C=O) groups is 1. The van der Waals surface area contributed by atoms with Crippen molar-refractivity contribution in [3.05, 3.63) is 94.0 Å². The lowest BCUT2D eigenvalue weighted by atomic mass is 9.87. The first-order valence-corrected chi connectivity index (χ1v) is 11.6. The van der Waals surface area contributed by atoms with E-state index in [1.807, 2.05) is 52.4 Å². The first-order chi connectivity index (χ1) is 15.6. The van der Waals surface area contributed by atoms with Crippen LogP contribution < -0.4 is 9.91 Å². The molecule has 0 aliphatic carbocycles. The quantitative estimate of drug-likeness (QED) is 0.440. The Bertz CT molecular complexity index is 1190. The van der Waals surface area contributed by atoms with Crippen LogP contribution >= 0.6 is 23.2 Å². The second-order valence-electron chi connectivity index (χ2n) is 8.13. The van der Waals surface area contributed by atoms with E-state index in [1.165, 1.54) is 5.56 Å². The SMILES string of the molecule is CCC1C(C(=O)N2CCc3ccccc32)=NN(c2ccc(Cl)cc2Cl)C1c1ccccc1. The first-order valence-electron chi connectivity index (χ1n) is 10.9. The molecular formula is C26H23Cl2N3O. The van der Waals surface area contributed by atoms with Gasteiger partial charge in [-0.15, -0.1) is 0 Å². The zero-order valence-electron chi connectivity index (χ0n) is 17.7. The standard InChI is InChI=1S/C26H23Cl2N3O/c1-2-20-24(26(32)30-15-14-17-8-6-7-11-22(17)30)29-31(23-13-12-19(27)16-21(23)28)25(20)18-9-4-3-5-10-18/h3-13,16,20,25H,2,14-15H2,1H3. The molecule has 0 radical (unpaired) electrons. The Kier molecular flexibility index (Phi) is 5.66. The molecule has 2 unspecified atom stereocenters. The topological polar surface area (TPSA) is 35.9 Å². The molecular weight excluding hydrogens is 441 g/mol. The van der Waals surface area contributed by atoms with Crippen LogP contribution in [0.25, 0.3) is 0 Å². The first kappa shape index (κ1) is 21.0. The molecule has 0 aromatic heterocycles. The summed E-state index contributed by atoms with van der Waals surface area (Å²) < 4.78 is 0. The summed E-state index contributed by atoms with van der Waals surface area (Å²) in [4.78, 5) is 15.7. The lowest BCUT2D eigenvalue weighted by molar-refractivity contribution is -0.112. The van der Waals surface area contributed by atoms with E-state index >= 15 is 0 Å². The maximum absolute atomic E-state index is 13.8. The highest BCUT2D eigenvalue weighted by Gasteiger charge is 2.43. The maximum Gasteiger partial charge on any atom is 0.274 e. The van der Waals surface area contributed by atoms with Gasteiger partial charge in [-0.2, -0.15) is 5.10 Å². The van der Waals surface area contributed by atoms with Crippen LogP contribution in [0.1, 0.15) is 30.5 Å². The molecule has 2 aliphatic heterocycles. The van der Waals surface area contributed by atoms with E-state index in [4.69, 9.17) is 28.3 Å². The van der Waals surface area contributed by atoms with E-state index in [-0.39, 0.29) is 17.9 Å². The third-order valence-corrected chi connectivity index (χ3v) is 6.84. The highest BCUT2D eigenvalue weighted by molar-refractivity contribution is 6.45. The average Bonchev–Trinajstić information content (AvgIpc) is 3.41. The van der Waals surface area contributed by atoms with Crippen LogP contribution in [0.3, 0.4) is 0 Å². The van der Waals surface area contributed by atoms with Gasteiger partial charge in [0.15, 0.2) is 0 Å². The summed E-state index contributed by atoms with van der Waals surface area (Å²) in [5.74, 6) is -0.0975. The molecule has 0 spiro atoms. The molecule has 32 heavy (non-hydrogen) atoms. The van der Waals surface area contributed by atoms with Gasteiger partial charge in [-0.3, -0.25) is 9.80 Å². The predicted octanol–water partition coefficient (Wildman–Crippen LogP) is 6.53. The van der Waals surface area contributed by atoms with E-state index in [1.54, 1.807) is 12.1 Å². The molecule has 0 fully saturated rings. The van der Waals surface area contributed by atoms with Crippen molar-refractivity contribution in [1.82, 2.24) is 0 Å². The van der Waals surface area contributed by atoms with Gasteiger partial charge in [-0.05, 0) is 48.2 Å². The average molecular weight is 464 g/mol. The van der Waals surface area contributed by atoms with E-state index in [0.29, 0.717) is 22.3 Å². The van der Waals surface area contributed by atoms with Gasteiger partial charge < -0.3 is 4.90 Å². The summed E-state index contributed by atoms with van der Waals surface area (Å²) in [6.45, 7) is 2.78. The van der Waals surface area contributed by atoms with Crippen LogP contribution in [0.15, 0.2) is 77.9 Å². The van der Waals surface area contributed by atoms with Gasteiger partial charge in [0.05, 0.1) is 16.8 Å². The second kappa shape index (κ2) is 8.61. The predicted molar refractivity (Wildman–Crippen MR) is 132 cm³/mol. The Balaban J connectivity index is 1.60. The van der Waals surface area contributed by atoms with Gasteiger partial charge in [-0.25, -0.2) is 0 Å². The van der Waals surface area contributed by atoms with Gasteiger partial charge >= 0.3 is 0 Å². The normalized spacial score (nSPS) is 19.8. The third kappa shape index (κ3) is 3.58. The minimum atomic E-state index is -0.128. The number of hydrazone groups is 1. The number of amides is 1. The number of para-hydroxylation sites is 1. The summed E-state index contributed by atoms with van der Waals surface area (Å²) in [6.07, 6.45) is 1.64. The summed E-state index contributed by atoms with van der Waals surface area (Å²) in [5, 5.41) is 7.88. The van der Waals surface area contributed by atoms with Crippen molar-refractivity contribution < 1.29 is 4.79 Å². The largest absolute Gasteiger partial charge is 0.307 e. The lowest BCUT2D eigenvalue weighted by Crippen LogP contribution is -2.38. The molecule has 2 heterocycles. The summed E-state index contributed by atoms with van der Waals surface area (Å²) in [5.41, 5.74) is 4.59. The van der Waals surface area contributed by atoms with Crippen LogP contribution in [0, 0.1) is 5.92 Å². The van der Waals surface area contributed by atoms with E-state index in [2.05, 4.69) is 25.1 Å². The fourth-order valence-corrected chi connectivity index (χ4v) is 5.27. The number of benzene rings is 3. The van der Waals surface area contributed by atoms with Crippen LogP contribution in [0.5, 0.6) is 0 Å². The zero-order chi connectivity index (χ0) is 22.2. The summed E-state index contributed by atoms with van der Waals surface area (Å²) in [6, 6.07) is 23.5. The van der Waals surface area contributed by atoms with E-state index in [9.17, 15) is 4.79 Å². The van der Waals surface area contributed by atoms with E-state index in [0.717, 1.165) is 29.8 Å². The number of fused-ring (bicyclic) bond motifs is 1. The van der Waals surface area contributed by atoms with Gasteiger partial charge in [-0.1, -0.05) is 78.7 Å². The highest BCUT2D eigenvalue weighted by atomic mass is 35.5. The number of rotatable bonds is 4. The lowest BCUT2D eigenvalue weighted by Gasteiger charge is -2.29. The second-order valence-corrected chi connectivity index (χ2v) is 8.97. The molecule has 0 bridgehead atoms. The Labute approximate surface area is 198 Å². The fraction of sp³-hybridized carbons (Fsp3) is 0.231. The maximum atomic E-state index is 13.8. The summed E-state index contributed by atoms with van der Waals surface area (Å²) in [7, 11) is 0.